The molecule has 1 aliphatic rings. The van der Waals surface area contributed by atoms with Crippen LogP contribution in [0.25, 0.3) is 0 Å². The summed E-state index contributed by atoms with van der Waals surface area (Å²) >= 11 is 0. The molecule has 0 aromatic heterocycles. The van der Waals surface area contributed by atoms with Gasteiger partial charge in [0.2, 0.25) is 0 Å². The second-order valence-corrected chi connectivity index (χ2v) is 6.12. The summed E-state index contributed by atoms with van der Waals surface area (Å²) in [7, 11) is 1.65. The first kappa shape index (κ1) is 15.6. The molecule has 2 N–H and O–H groups in total. The number of carbonyl (C=O) groups is 2. The van der Waals surface area contributed by atoms with Crippen molar-refractivity contribution in [3.63, 3.8) is 0 Å². The van der Waals surface area contributed by atoms with E-state index in [4.69, 9.17) is 4.74 Å². The van der Waals surface area contributed by atoms with Crippen molar-refractivity contribution in [1.82, 2.24) is 15.5 Å². The van der Waals surface area contributed by atoms with E-state index in [-0.39, 0.29) is 12.1 Å². The predicted octanol–water partition coefficient (Wildman–Crippen LogP) is 1.56. The summed E-state index contributed by atoms with van der Waals surface area (Å²) in [6, 6.07) is 0.135. The van der Waals surface area contributed by atoms with Crippen LogP contribution in [0.5, 0.6) is 0 Å². The number of ether oxygens (including phenoxy) is 1. The maximum absolute atomic E-state index is 11.6. The second kappa shape index (κ2) is 6.12. The summed E-state index contributed by atoms with van der Waals surface area (Å²) in [4.78, 5) is 24.6. The number of carbonyl (C=O) groups excluding carboxylic acids is 2. The molecule has 0 unspecified atom stereocenters. The fraction of sp³-hybridized carbons (Fsp3) is 0.846. The minimum Gasteiger partial charge on any atom is -0.444 e. The molecule has 0 radical (unpaired) electrons. The average molecular weight is 271 g/mol. The highest BCUT2D eigenvalue weighted by Crippen LogP contribution is 2.28. The van der Waals surface area contributed by atoms with Crippen molar-refractivity contribution >= 4 is 12.1 Å². The number of urea groups is 1. The largest absolute Gasteiger partial charge is 0.444 e. The first-order valence-electron chi connectivity index (χ1n) is 6.67. The Morgan fingerprint density at radius 2 is 1.95 bits per heavy atom. The van der Waals surface area contributed by atoms with Crippen molar-refractivity contribution in [1.29, 1.82) is 0 Å². The van der Waals surface area contributed by atoms with Crippen molar-refractivity contribution in [3.05, 3.63) is 0 Å². The molecule has 1 aliphatic carbocycles. The molecule has 6 heteroatoms. The topological polar surface area (TPSA) is 70.7 Å². The maximum atomic E-state index is 11.6. The van der Waals surface area contributed by atoms with Crippen LogP contribution in [0.1, 0.15) is 34.1 Å². The van der Waals surface area contributed by atoms with Gasteiger partial charge in [0, 0.05) is 26.2 Å². The molecular formula is C13H25N3O3. The lowest BCUT2D eigenvalue weighted by molar-refractivity contribution is 0.0301. The van der Waals surface area contributed by atoms with Gasteiger partial charge in [0.15, 0.2) is 0 Å². The third-order valence-electron chi connectivity index (χ3n) is 2.86. The fourth-order valence-corrected chi connectivity index (χ4v) is 1.51. The molecule has 6 nitrogen and oxygen atoms in total. The van der Waals surface area contributed by atoms with Gasteiger partial charge in [0.05, 0.1) is 0 Å². The summed E-state index contributed by atoms with van der Waals surface area (Å²) in [5, 5.41) is 5.58. The Morgan fingerprint density at radius 1 is 1.37 bits per heavy atom. The average Bonchev–Trinajstić information content (AvgIpc) is 2.91. The highest BCUT2D eigenvalue weighted by molar-refractivity contribution is 5.74. The summed E-state index contributed by atoms with van der Waals surface area (Å²) in [6.45, 7) is 8.39. The summed E-state index contributed by atoms with van der Waals surface area (Å²) < 4.78 is 5.20. The molecule has 3 amide bonds. The smallest absolute Gasteiger partial charge is 0.410 e. The third kappa shape index (κ3) is 6.31. The molecule has 1 fully saturated rings. The Balaban J connectivity index is 2.14. The number of amides is 3. The second-order valence-electron chi connectivity index (χ2n) is 6.12. The molecule has 1 rings (SSSR count). The molecule has 110 valence electrons. The zero-order valence-corrected chi connectivity index (χ0v) is 12.4. The Morgan fingerprint density at radius 3 is 2.42 bits per heavy atom. The number of hydrogen-bond donors (Lipinski definition) is 2. The van der Waals surface area contributed by atoms with Gasteiger partial charge in [0.25, 0.3) is 0 Å². The predicted molar refractivity (Wildman–Crippen MR) is 73.0 cm³/mol. The lowest BCUT2D eigenvalue weighted by Crippen LogP contribution is -2.43. The highest BCUT2D eigenvalue weighted by Gasteiger charge is 2.33. The zero-order chi connectivity index (χ0) is 14.6. The SMILES string of the molecule is C[C@H]1C[C@H]1NC(=O)NCCN(C)C(=O)OC(C)(C)C. The van der Waals surface area contributed by atoms with E-state index in [0.29, 0.717) is 25.0 Å². The van der Waals surface area contributed by atoms with Crippen LogP contribution in [0.2, 0.25) is 0 Å². The van der Waals surface area contributed by atoms with Crippen molar-refractivity contribution in [2.45, 2.75) is 45.8 Å². The molecule has 19 heavy (non-hydrogen) atoms. The van der Waals surface area contributed by atoms with Crippen LogP contribution in [-0.4, -0.2) is 48.8 Å². The third-order valence-corrected chi connectivity index (χ3v) is 2.86. The maximum Gasteiger partial charge on any atom is 0.410 e. The molecule has 0 aromatic carbocycles. The van der Waals surface area contributed by atoms with Crippen molar-refractivity contribution in [2.24, 2.45) is 5.92 Å². The van der Waals surface area contributed by atoms with Gasteiger partial charge in [-0.25, -0.2) is 9.59 Å². The number of hydrogen-bond acceptors (Lipinski definition) is 3. The van der Waals surface area contributed by atoms with E-state index in [1.54, 1.807) is 7.05 Å². The molecule has 0 aliphatic heterocycles. The molecule has 0 heterocycles. The number of rotatable bonds is 4. The first-order chi connectivity index (χ1) is 8.69. The molecule has 1 saturated carbocycles. The van der Waals surface area contributed by atoms with E-state index >= 15 is 0 Å². The molecule has 2 atom stereocenters. The van der Waals surface area contributed by atoms with Crippen molar-refractivity contribution in [2.75, 3.05) is 20.1 Å². The Hall–Kier alpha value is -1.46. The monoisotopic (exact) mass is 271 g/mol. The van der Waals surface area contributed by atoms with Crippen LogP contribution in [0, 0.1) is 5.92 Å². The summed E-state index contributed by atoms with van der Waals surface area (Å²) in [5.74, 6) is 0.579. The van der Waals surface area contributed by atoms with E-state index in [0.717, 1.165) is 6.42 Å². The van der Waals surface area contributed by atoms with Crippen LogP contribution >= 0.6 is 0 Å². The Labute approximate surface area is 114 Å². The van der Waals surface area contributed by atoms with Crippen LogP contribution in [0.4, 0.5) is 9.59 Å². The Kier molecular flexibility index (Phi) is 5.03. The van der Waals surface area contributed by atoms with Gasteiger partial charge in [-0.2, -0.15) is 0 Å². The van der Waals surface area contributed by atoms with E-state index in [2.05, 4.69) is 17.6 Å². The van der Waals surface area contributed by atoms with Gasteiger partial charge >= 0.3 is 12.1 Å². The van der Waals surface area contributed by atoms with Crippen LogP contribution in [0.15, 0.2) is 0 Å². The molecule has 0 aromatic rings. The number of nitrogens with one attached hydrogen (secondary N) is 2. The van der Waals surface area contributed by atoms with Gasteiger partial charge < -0.3 is 20.3 Å². The highest BCUT2D eigenvalue weighted by atomic mass is 16.6. The van der Waals surface area contributed by atoms with E-state index in [1.807, 2.05) is 20.8 Å². The van der Waals surface area contributed by atoms with Gasteiger partial charge in [-0.3, -0.25) is 0 Å². The zero-order valence-electron chi connectivity index (χ0n) is 12.4. The van der Waals surface area contributed by atoms with E-state index in [9.17, 15) is 9.59 Å². The first-order valence-corrected chi connectivity index (χ1v) is 6.67. The Bertz CT molecular complexity index is 339. The quantitative estimate of drug-likeness (QED) is 0.815. The molecule has 0 spiro atoms. The summed E-state index contributed by atoms with van der Waals surface area (Å²) in [6.07, 6.45) is 0.663. The van der Waals surface area contributed by atoms with E-state index < -0.39 is 5.60 Å². The minimum atomic E-state index is -0.502. The lowest BCUT2D eigenvalue weighted by atomic mass is 10.2. The summed E-state index contributed by atoms with van der Waals surface area (Å²) in [5.41, 5.74) is -0.502. The molecule has 0 saturated heterocycles. The van der Waals surface area contributed by atoms with Gasteiger partial charge in [-0.1, -0.05) is 6.92 Å². The molecule has 0 bridgehead atoms. The number of likely N-dealkylation sites (N-methyl/N-ethyl adjacent to an activating group) is 1. The fourth-order valence-electron chi connectivity index (χ4n) is 1.51. The number of nitrogens with zero attached hydrogens (tertiary/aromatic N) is 1. The normalized spacial score (nSPS) is 21.5. The van der Waals surface area contributed by atoms with Crippen LogP contribution in [0.3, 0.4) is 0 Å². The van der Waals surface area contributed by atoms with Crippen molar-refractivity contribution in [3.8, 4) is 0 Å². The van der Waals surface area contributed by atoms with Gasteiger partial charge in [-0.05, 0) is 33.1 Å². The minimum absolute atomic E-state index is 0.174. The lowest BCUT2D eigenvalue weighted by Gasteiger charge is -2.24. The van der Waals surface area contributed by atoms with Crippen molar-refractivity contribution < 1.29 is 14.3 Å². The van der Waals surface area contributed by atoms with Crippen LogP contribution in [-0.2, 0) is 4.74 Å². The molecular weight excluding hydrogens is 246 g/mol. The van der Waals surface area contributed by atoms with Gasteiger partial charge in [0.1, 0.15) is 5.60 Å². The van der Waals surface area contributed by atoms with Crippen LogP contribution < -0.4 is 10.6 Å². The standard InChI is InChI=1S/C13H25N3O3/c1-9-8-10(9)15-11(17)14-6-7-16(5)12(18)19-13(2,3)4/h9-10H,6-8H2,1-5H3,(H2,14,15,17)/t9-,10+/m0/s1. The van der Waals surface area contributed by atoms with E-state index in [1.165, 1.54) is 4.90 Å². The van der Waals surface area contributed by atoms with Gasteiger partial charge in [-0.15, -0.1) is 0 Å².